The summed E-state index contributed by atoms with van der Waals surface area (Å²) in [6.07, 6.45) is 3.24. The minimum absolute atomic E-state index is 0.177. The number of hydrogen-bond acceptors (Lipinski definition) is 2. The summed E-state index contributed by atoms with van der Waals surface area (Å²) in [6, 6.07) is 5.05. The van der Waals surface area contributed by atoms with Crippen molar-refractivity contribution in [3.05, 3.63) is 29.8 Å². The Labute approximate surface area is 152 Å². The van der Waals surface area contributed by atoms with Gasteiger partial charge in [0.25, 0.3) is 0 Å². The number of benzene rings is 1. The summed E-state index contributed by atoms with van der Waals surface area (Å²) in [5, 5.41) is 2.60. The molecule has 26 heavy (non-hydrogen) atoms. The van der Waals surface area contributed by atoms with Crippen molar-refractivity contribution in [3.63, 3.8) is 0 Å². The lowest BCUT2D eigenvalue weighted by Gasteiger charge is -2.39. The van der Waals surface area contributed by atoms with Crippen LogP contribution < -0.4 is 5.32 Å². The van der Waals surface area contributed by atoms with Crippen molar-refractivity contribution in [3.8, 4) is 0 Å². The van der Waals surface area contributed by atoms with Crippen molar-refractivity contribution >= 4 is 11.7 Å². The molecule has 0 unspecified atom stereocenters. The number of alkyl halides is 3. The van der Waals surface area contributed by atoms with E-state index < -0.39 is 11.7 Å². The smallest absolute Gasteiger partial charge is 0.322 e. The lowest BCUT2D eigenvalue weighted by atomic mass is 10.1. The summed E-state index contributed by atoms with van der Waals surface area (Å²) in [7, 11) is 0. The normalized spacial score (nSPS) is 20.7. The van der Waals surface area contributed by atoms with Gasteiger partial charge in [0, 0.05) is 37.9 Å². The molecule has 1 aliphatic heterocycles. The zero-order chi connectivity index (χ0) is 18.6. The molecule has 0 aromatic heterocycles. The molecule has 0 spiro atoms. The second kappa shape index (κ2) is 8.29. The summed E-state index contributed by atoms with van der Waals surface area (Å²) >= 11 is 0. The van der Waals surface area contributed by atoms with E-state index in [1.165, 1.54) is 50.7 Å². The van der Waals surface area contributed by atoms with Crippen LogP contribution in [0.4, 0.5) is 23.7 Å². The Morgan fingerprint density at radius 1 is 1.00 bits per heavy atom. The number of rotatable bonds is 2. The molecule has 144 valence electrons. The molecular weight excluding hydrogens is 343 g/mol. The zero-order valence-corrected chi connectivity index (χ0v) is 14.9. The van der Waals surface area contributed by atoms with Crippen molar-refractivity contribution in [1.82, 2.24) is 9.80 Å². The number of amides is 2. The van der Waals surface area contributed by atoms with Crippen LogP contribution in [0.2, 0.25) is 0 Å². The standard InChI is InChI=1S/C19H26F3N3O/c20-19(21,22)15-6-5-7-16(14-15)23-18(26)25-12-10-24(11-13-25)17-8-3-1-2-4-9-17/h5-7,14,17H,1-4,8-13H2,(H,23,26). The van der Waals surface area contributed by atoms with Crippen LogP contribution in [0.15, 0.2) is 24.3 Å². The van der Waals surface area contributed by atoms with Gasteiger partial charge in [-0.15, -0.1) is 0 Å². The van der Waals surface area contributed by atoms with Crippen LogP contribution in [-0.4, -0.2) is 48.1 Å². The number of carbonyl (C=O) groups is 1. The van der Waals surface area contributed by atoms with E-state index in [0.717, 1.165) is 25.2 Å². The van der Waals surface area contributed by atoms with Gasteiger partial charge in [-0.25, -0.2) is 4.79 Å². The van der Waals surface area contributed by atoms with Gasteiger partial charge in [-0.1, -0.05) is 31.7 Å². The number of anilines is 1. The van der Waals surface area contributed by atoms with E-state index in [0.29, 0.717) is 19.1 Å². The van der Waals surface area contributed by atoms with Crippen LogP contribution in [0.1, 0.15) is 44.1 Å². The summed E-state index contributed by atoms with van der Waals surface area (Å²) in [6.45, 7) is 2.89. The molecule has 1 N–H and O–H groups in total. The quantitative estimate of drug-likeness (QED) is 0.775. The number of nitrogens with zero attached hydrogens (tertiary/aromatic N) is 2. The van der Waals surface area contributed by atoms with E-state index in [-0.39, 0.29) is 11.7 Å². The average Bonchev–Trinajstić information content (AvgIpc) is 2.91. The molecule has 2 amide bonds. The van der Waals surface area contributed by atoms with Crippen molar-refractivity contribution in [2.24, 2.45) is 0 Å². The fourth-order valence-corrected chi connectivity index (χ4v) is 3.89. The van der Waals surface area contributed by atoms with Crippen LogP contribution in [0.3, 0.4) is 0 Å². The topological polar surface area (TPSA) is 35.6 Å². The summed E-state index contributed by atoms with van der Waals surface area (Å²) in [5.74, 6) is 0. The maximum absolute atomic E-state index is 12.8. The van der Waals surface area contributed by atoms with Crippen LogP contribution in [-0.2, 0) is 6.18 Å². The maximum atomic E-state index is 12.8. The van der Waals surface area contributed by atoms with E-state index >= 15 is 0 Å². The van der Waals surface area contributed by atoms with E-state index in [2.05, 4.69) is 10.2 Å². The third-order valence-corrected chi connectivity index (χ3v) is 5.38. The van der Waals surface area contributed by atoms with Crippen LogP contribution in [0, 0.1) is 0 Å². The third kappa shape index (κ3) is 4.90. The van der Waals surface area contributed by atoms with Gasteiger partial charge in [-0.05, 0) is 31.0 Å². The van der Waals surface area contributed by atoms with Crippen LogP contribution in [0.5, 0.6) is 0 Å². The zero-order valence-electron chi connectivity index (χ0n) is 14.9. The Hall–Kier alpha value is -1.76. The van der Waals surface area contributed by atoms with Gasteiger partial charge in [-0.2, -0.15) is 13.2 Å². The molecule has 1 saturated heterocycles. The van der Waals surface area contributed by atoms with Gasteiger partial charge in [0.15, 0.2) is 0 Å². The Bertz CT molecular complexity index is 604. The van der Waals surface area contributed by atoms with Gasteiger partial charge in [0.1, 0.15) is 0 Å². The Kier molecular flexibility index (Phi) is 6.06. The molecule has 1 heterocycles. The maximum Gasteiger partial charge on any atom is 0.416 e. The second-order valence-corrected chi connectivity index (χ2v) is 7.18. The number of halogens is 3. The minimum atomic E-state index is -4.41. The second-order valence-electron chi connectivity index (χ2n) is 7.18. The van der Waals surface area contributed by atoms with E-state index in [1.54, 1.807) is 4.90 Å². The molecule has 0 atom stereocenters. The molecule has 1 aromatic rings. The highest BCUT2D eigenvalue weighted by Crippen LogP contribution is 2.30. The largest absolute Gasteiger partial charge is 0.416 e. The predicted molar refractivity (Wildman–Crippen MR) is 95.1 cm³/mol. The van der Waals surface area contributed by atoms with Crippen molar-refractivity contribution in [2.45, 2.75) is 50.7 Å². The lowest BCUT2D eigenvalue weighted by molar-refractivity contribution is -0.137. The van der Waals surface area contributed by atoms with Gasteiger partial charge in [0.05, 0.1) is 5.56 Å². The third-order valence-electron chi connectivity index (χ3n) is 5.38. The SMILES string of the molecule is O=C(Nc1cccc(C(F)(F)F)c1)N1CCN(C2CCCCCC2)CC1. The van der Waals surface area contributed by atoms with Crippen LogP contribution in [0.25, 0.3) is 0 Å². The lowest BCUT2D eigenvalue weighted by Crippen LogP contribution is -2.52. The summed E-state index contributed by atoms with van der Waals surface area (Å²) < 4.78 is 38.3. The highest BCUT2D eigenvalue weighted by atomic mass is 19.4. The van der Waals surface area contributed by atoms with Gasteiger partial charge >= 0.3 is 12.2 Å². The van der Waals surface area contributed by atoms with Gasteiger partial charge in [0.2, 0.25) is 0 Å². The average molecular weight is 369 g/mol. The van der Waals surface area contributed by atoms with E-state index in [4.69, 9.17) is 0 Å². The number of carbonyl (C=O) groups excluding carboxylic acids is 1. The molecule has 1 saturated carbocycles. The molecule has 2 fully saturated rings. The van der Waals surface area contributed by atoms with E-state index in [1.807, 2.05) is 0 Å². The first-order valence-corrected chi connectivity index (χ1v) is 9.41. The van der Waals surface area contributed by atoms with Gasteiger partial charge in [-0.3, -0.25) is 4.90 Å². The molecule has 1 aliphatic carbocycles. The Balaban J connectivity index is 1.52. The fourth-order valence-electron chi connectivity index (χ4n) is 3.89. The molecule has 4 nitrogen and oxygen atoms in total. The van der Waals surface area contributed by atoms with Crippen molar-refractivity contribution in [2.75, 3.05) is 31.5 Å². The molecule has 3 rings (SSSR count). The first kappa shape index (κ1) is 19.0. The first-order valence-electron chi connectivity index (χ1n) is 9.41. The van der Waals surface area contributed by atoms with Crippen molar-refractivity contribution < 1.29 is 18.0 Å². The molecule has 7 heteroatoms. The minimum Gasteiger partial charge on any atom is -0.322 e. The monoisotopic (exact) mass is 369 g/mol. The summed E-state index contributed by atoms with van der Waals surface area (Å²) in [4.78, 5) is 16.5. The highest BCUT2D eigenvalue weighted by molar-refractivity contribution is 5.89. The number of urea groups is 1. The Morgan fingerprint density at radius 3 is 2.27 bits per heavy atom. The first-order chi connectivity index (χ1) is 12.4. The fraction of sp³-hybridized carbons (Fsp3) is 0.632. The molecule has 0 bridgehead atoms. The number of hydrogen-bond donors (Lipinski definition) is 1. The van der Waals surface area contributed by atoms with Gasteiger partial charge < -0.3 is 10.2 Å². The predicted octanol–water partition coefficient (Wildman–Crippen LogP) is 4.58. The van der Waals surface area contributed by atoms with Crippen molar-refractivity contribution in [1.29, 1.82) is 0 Å². The molecule has 2 aliphatic rings. The number of nitrogens with one attached hydrogen (secondary N) is 1. The van der Waals surface area contributed by atoms with E-state index in [9.17, 15) is 18.0 Å². The molecule has 1 aromatic carbocycles. The Morgan fingerprint density at radius 2 is 1.65 bits per heavy atom. The van der Waals surface area contributed by atoms with Crippen LogP contribution >= 0.6 is 0 Å². The molecular formula is C19H26F3N3O. The molecule has 0 radical (unpaired) electrons. The summed E-state index contributed by atoms with van der Waals surface area (Å²) in [5.41, 5.74) is -0.579. The highest BCUT2D eigenvalue weighted by Gasteiger charge is 2.31. The number of piperazine rings is 1.